The first-order valence-electron chi connectivity index (χ1n) is 10.8. The number of hydrogen-bond donors (Lipinski definition) is 1. The highest BCUT2D eigenvalue weighted by molar-refractivity contribution is 6.31. The number of carbonyl (C=O) groups is 1. The van der Waals surface area contributed by atoms with Crippen molar-refractivity contribution >= 4 is 40.2 Å². The van der Waals surface area contributed by atoms with Crippen molar-refractivity contribution in [3.8, 4) is 11.5 Å². The molecule has 0 bridgehead atoms. The molecule has 1 fully saturated rings. The van der Waals surface area contributed by atoms with Crippen molar-refractivity contribution in [1.29, 1.82) is 0 Å². The van der Waals surface area contributed by atoms with Crippen molar-refractivity contribution in [2.75, 3.05) is 25.5 Å². The fraction of sp³-hybridized carbons (Fsp3) is 0.375. The molecule has 0 saturated carbocycles. The van der Waals surface area contributed by atoms with E-state index in [0.717, 1.165) is 5.39 Å². The summed E-state index contributed by atoms with van der Waals surface area (Å²) in [5.41, 5.74) is 0.213. The molecule has 1 aromatic heterocycles. The van der Waals surface area contributed by atoms with Gasteiger partial charge in [-0.3, -0.25) is 0 Å². The van der Waals surface area contributed by atoms with Gasteiger partial charge in [0.2, 0.25) is 5.95 Å². The summed E-state index contributed by atoms with van der Waals surface area (Å²) in [7, 11) is 1.54. The zero-order chi connectivity index (χ0) is 24.5. The standard InChI is InChI=1S/C24H26ClFN4O4/c1-24(2,3)34-23(31)30-9-8-15(13-30)33-20-10-14-12-27-22(29-18(14)11-19(20)32-4)28-17-7-5-6-16(25)21(17)26/h5-7,10-12,15H,8-9,13H2,1-4H3,(H,27,28,29)/t15-/m0/s1. The second-order valence-electron chi connectivity index (χ2n) is 8.94. The van der Waals surface area contributed by atoms with Crippen LogP contribution in [0.5, 0.6) is 11.5 Å². The Morgan fingerprint density at radius 3 is 2.79 bits per heavy atom. The first kappa shape index (κ1) is 23.8. The molecule has 1 saturated heterocycles. The van der Waals surface area contributed by atoms with E-state index in [0.29, 0.717) is 36.5 Å². The molecular formula is C24H26ClFN4O4. The molecule has 10 heteroatoms. The van der Waals surface area contributed by atoms with Crippen molar-refractivity contribution in [3.05, 3.63) is 47.4 Å². The molecule has 8 nitrogen and oxygen atoms in total. The SMILES string of the molecule is COc1cc2nc(Nc3cccc(Cl)c3F)ncc2cc1O[C@H]1CCN(C(=O)OC(C)(C)C)C1. The minimum Gasteiger partial charge on any atom is -0.493 e. The maximum absolute atomic E-state index is 14.2. The summed E-state index contributed by atoms with van der Waals surface area (Å²) < 4.78 is 31.3. The van der Waals surface area contributed by atoms with Crippen molar-refractivity contribution in [3.63, 3.8) is 0 Å². The van der Waals surface area contributed by atoms with Gasteiger partial charge in [0.25, 0.3) is 0 Å². The number of nitrogens with zero attached hydrogens (tertiary/aromatic N) is 3. The van der Waals surface area contributed by atoms with Gasteiger partial charge >= 0.3 is 6.09 Å². The number of fused-ring (bicyclic) bond motifs is 1. The molecular weight excluding hydrogens is 463 g/mol. The molecule has 0 radical (unpaired) electrons. The normalized spacial score (nSPS) is 15.9. The maximum Gasteiger partial charge on any atom is 0.410 e. The van der Waals surface area contributed by atoms with Crippen LogP contribution in [0, 0.1) is 5.82 Å². The molecule has 0 unspecified atom stereocenters. The van der Waals surface area contributed by atoms with Crippen LogP contribution >= 0.6 is 11.6 Å². The zero-order valence-electron chi connectivity index (χ0n) is 19.4. The second kappa shape index (κ2) is 9.50. The van der Waals surface area contributed by atoms with Gasteiger partial charge in [-0.05, 0) is 39.0 Å². The van der Waals surface area contributed by atoms with Gasteiger partial charge in [0.05, 0.1) is 29.9 Å². The minimum absolute atomic E-state index is 0.00592. The molecule has 2 heterocycles. The van der Waals surface area contributed by atoms with Gasteiger partial charge < -0.3 is 24.4 Å². The Hall–Kier alpha value is -3.33. The van der Waals surface area contributed by atoms with Gasteiger partial charge in [-0.25, -0.2) is 19.2 Å². The van der Waals surface area contributed by atoms with E-state index in [4.69, 9.17) is 25.8 Å². The molecule has 180 valence electrons. The topological polar surface area (TPSA) is 85.8 Å². The second-order valence-corrected chi connectivity index (χ2v) is 9.34. The fourth-order valence-corrected chi connectivity index (χ4v) is 3.74. The van der Waals surface area contributed by atoms with Gasteiger partial charge in [0, 0.05) is 30.6 Å². The lowest BCUT2D eigenvalue weighted by Gasteiger charge is -2.24. The maximum atomic E-state index is 14.2. The van der Waals surface area contributed by atoms with Crippen molar-refractivity contribution in [2.45, 2.75) is 38.9 Å². The van der Waals surface area contributed by atoms with Crippen LogP contribution in [0.3, 0.4) is 0 Å². The number of carbonyl (C=O) groups excluding carboxylic acids is 1. The van der Waals surface area contributed by atoms with E-state index < -0.39 is 11.4 Å². The molecule has 1 aliphatic rings. The Bertz CT molecular complexity index is 1220. The smallest absolute Gasteiger partial charge is 0.410 e. The lowest BCUT2D eigenvalue weighted by Crippen LogP contribution is -2.36. The van der Waals surface area contributed by atoms with Gasteiger partial charge in [-0.15, -0.1) is 0 Å². The first-order chi connectivity index (χ1) is 16.1. The summed E-state index contributed by atoms with van der Waals surface area (Å²) >= 11 is 5.84. The van der Waals surface area contributed by atoms with Crippen LogP contribution in [0.1, 0.15) is 27.2 Å². The van der Waals surface area contributed by atoms with Gasteiger partial charge in [-0.1, -0.05) is 17.7 Å². The number of halogens is 2. The summed E-state index contributed by atoms with van der Waals surface area (Å²) in [6.07, 6.45) is 1.73. The predicted molar refractivity (Wildman–Crippen MR) is 128 cm³/mol. The van der Waals surface area contributed by atoms with E-state index in [-0.39, 0.29) is 28.9 Å². The third kappa shape index (κ3) is 5.41. The largest absolute Gasteiger partial charge is 0.493 e. The Morgan fingerprint density at radius 2 is 2.06 bits per heavy atom. The van der Waals surface area contributed by atoms with Crippen LogP contribution in [0.4, 0.5) is 20.8 Å². The molecule has 2 aromatic carbocycles. The molecule has 34 heavy (non-hydrogen) atoms. The number of ether oxygens (including phenoxy) is 3. The van der Waals surface area contributed by atoms with Crippen LogP contribution in [-0.4, -0.2) is 52.9 Å². The van der Waals surface area contributed by atoms with Crippen LogP contribution in [0.2, 0.25) is 5.02 Å². The van der Waals surface area contributed by atoms with Crippen LogP contribution in [0.15, 0.2) is 36.5 Å². The number of methoxy groups -OCH3 is 1. The highest BCUT2D eigenvalue weighted by Gasteiger charge is 2.31. The average molecular weight is 489 g/mol. The highest BCUT2D eigenvalue weighted by atomic mass is 35.5. The molecule has 3 aromatic rings. The van der Waals surface area contributed by atoms with Crippen molar-refractivity contribution in [1.82, 2.24) is 14.9 Å². The Morgan fingerprint density at radius 1 is 1.26 bits per heavy atom. The molecule has 1 amide bonds. The summed E-state index contributed by atoms with van der Waals surface area (Å²) in [5, 5.41) is 3.57. The Balaban J connectivity index is 1.50. The number of rotatable bonds is 5. The molecule has 4 rings (SSSR count). The van der Waals surface area contributed by atoms with Gasteiger partial charge in [-0.2, -0.15) is 0 Å². The summed E-state index contributed by atoms with van der Waals surface area (Å²) in [5.74, 6) is 0.650. The molecule has 1 N–H and O–H groups in total. The molecule has 1 aliphatic heterocycles. The highest BCUT2D eigenvalue weighted by Crippen LogP contribution is 2.34. The third-order valence-electron chi connectivity index (χ3n) is 5.15. The summed E-state index contributed by atoms with van der Waals surface area (Å²) in [6, 6.07) is 8.16. The lowest BCUT2D eigenvalue weighted by molar-refractivity contribution is 0.0275. The molecule has 1 atom stereocenters. The minimum atomic E-state index is -0.578. The Labute approximate surface area is 202 Å². The number of aromatic nitrogens is 2. The molecule has 0 aliphatic carbocycles. The van der Waals surface area contributed by atoms with Crippen LogP contribution in [-0.2, 0) is 4.74 Å². The van der Waals surface area contributed by atoms with Crippen LogP contribution < -0.4 is 14.8 Å². The van der Waals surface area contributed by atoms with Crippen LogP contribution in [0.25, 0.3) is 10.9 Å². The van der Waals surface area contributed by atoms with Gasteiger partial charge in [0.1, 0.15) is 11.7 Å². The van der Waals surface area contributed by atoms with Gasteiger partial charge in [0.15, 0.2) is 17.3 Å². The number of hydrogen-bond acceptors (Lipinski definition) is 7. The van der Waals surface area contributed by atoms with E-state index in [1.807, 2.05) is 20.8 Å². The number of nitrogens with one attached hydrogen (secondary N) is 1. The number of anilines is 2. The number of likely N-dealkylation sites (tertiary alicyclic amines) is 1. The van der Waals surface area contributed by atoms with E-state index in [1.54, 1.807) is 35.4 Å². The average Bonchev–Trinajstić information content (AvgIpc) is 3.24. The monoisotopic (exact) mass is 488 g/mol. The van der Waals surface area contributed by atoms with E-state index in [9.17, 15) is 9.18 Å². The number of amides is 1. The fourth-order valence-electron chi connectivity index (χ4n) is 3.57. The van der Waals surface area contributed by atoms with E-state index in [1.165, 1.54) is 13.2 Å². The predicted octanol–water partition coefficient (Wildman–Crippen LogP) is 5.56. The molecule has 0 spiro atoms. The van der Waals surface area contributed by atoms with E-state index in [2.05, 4.69) is 15.3 Å². The summed E-state index contributed by atoms with van der Waals surface area (Å²) in [6.45, 7) is 6.48. The quantitative estimate of drug-likeness (QED) is 0.503. The van der Waals surface area contributed by atoms with Crippen molar-refractivity contribution in [2.24, 2.45) is 0 Å². The Kier molecular flexibility index (Phi) is 6.65. The lowest BCUT2D eigenvalue weighted by atomic mass is 10.2. The number of benzene rings is 2. The van der Waals surface area contributed by atoms with E-state index >= 15 is 0 Å². The third-order valence-corrected chi connectivity index (χ3v) is 5.45. The first-order valence-corrected chi connectivity index (χ1v) is 11.2. The van der Waals surface area contributed by atoms with Crippen molar-refractivity contribution < 1.29 is 23.4 Å². The summed E-state index contributed by atoms with van der Waals surface area (Å²) in [4.78, 5) is 22.7. The zero-order valence-corrected chi connectivity index (χ0v) is 20.1.